The molecule has 224 valence electrons. The number of morpholine rings is 1. The number of nitrogens with one attached hydrogen (secondary N) is 1. The van der Waals surface area contributed by atoms with Gasteiger partial charge in [0.2, 0.25) is 5.92 Å². The van der Waals surface area contributed by atoms with Crippen LogP contribution >= 0.6 is 0 Å². The molecule has 2 amide bonds. The van der Waals surface area contributed by atoms with Crippen molar-refractivity contribution in [1.29, 1.82) is 5.26 Å². The van der Waals surface area contributed by atoms with E-state index in [4.69, 9.17) is 9.15 Å². The first-order chi connectivity index (χ1) is 20.6. The van der Waals surface area contributed by atoms with Crippen LogP contribution in [0.1, 0.15) is 72.3 Å². The van der Waals surface area contributed by atoms with Gasteiger partial charge in [0.25, 0.3) is 11.8 Å². The van der Waals surface area contributed by atoms with E-state index in [1.165, 1.54) is 0 Å². The smallest absolute Gasteiger partial charge is 0.287 e. The monoisotopic (exact) mass is 589 g/mol. The number of fused-ring (bicyclic) bond motifs is 1. The molecule has 2 aromatic carbocycles. The second-order valence-corrected chi connectivity index (χ2v) is 12.1. The van der Waals surface area contributed by atoms with Crippen molar-refractivity contribution < 1.29 is 32.3 Å². The molecule has 0 unspecified atom stereocenters. The van der Waals surface area contributed by atoms with E-state index in [0.717, 1.165) is 24.0 Å². The van der Waals surface area contributed by atoms with Gasteiger partial charge in [0.1, 0.15) is 5.58 Å². The van der Waals surface area contributed by atoms with Crippen LogP contribution in [0, 0.1) is 16.7 Å². The van der Waals surface area contributed by atoms with Gasteiger partial charge < -0.3 is 19.4 Å². The summed E-state index contributed by atoms with van der Waals surface area (Å²) in [6, 6.07) is 16.6. The summed E-state index contributed by atoms with van der Waals surface area (Å²) in [5, 5.41) is 12.8. The zero-order chi connectivity index (χ0) is 30.2. The van der Waals surface area contributed by atoms with E-state index in [-0.39, 0.29) is 36.7 Å². The Hall–Kier alpha value is -4.10. The Balaban J connectivity index is 1.18. The van der Waals surface area contributed by atoms with Crippen LogP contribution in [0.15, 0.2) is 52.9 Å². The number of furan rings is 1. The van der Waals surface area contributed by atoms with Crippen LogP contribution in [0.4, 0.5) is 8.78 Å². The predicted molar refractivity (Wildman–Crippen MR) is 154 cm³/mol. The number of carbonyl (C=O) groups excluding carboxylic acids is 3. The Morgan fingerprint density at radius 1 is 0.907 bits per heavy atom. The summed E-state index contributed by atoms with van der Waals surface area (Å²) in [5.41, 5.74) is 0.806. The van der Waals surface area contributed by atoms with E-state index in [9.17, 15) is 28.4 Å². The molecule has 0 bridgehead atoms. The number of carbonyl (C=O) groups is 3. The van der Waals surface area contributed by atoms with Gasteiger partial charge in [-0.25, -0.2) is 8.78 Å². The normalized spacial score (nSPS) is 20.3. The van der Waals surface area contributed by atoms with Crippen LogP contribution in [0.3, 0.4) is 0 Å². The number of amides is 2. The standard InChI is InChI=1S/C33H33F2N3O5/c34-33(35)13-11-32(12-14-33,28(39)7-8-31(21-36)9-10-31)37-29(40)27-20-25-6-5-24(19-26(25)43-27)22-1-3-23(4-2-22)30(41)38-15-17-42-18-16-38/h1-6,19-20H,7-18H2,(H,37,40). The number of Topliss-reactive ketones (excluding diaryl/α,β-unsaturated/α-hetero) is 1. The molecule has 2 heterocycles. The molecule has 0 spiro atoms. The van der Waals surface area contributed by atoms with E-state index in [1.807, 2.05) is 24.3 Å². The molecular formula is C33H33F2N3O5. The summed E-state index contributed by atoms with van der Waals surface area (Å²) >= 11 is 0. The van der Waals surface area contributed by atoms with Gasteiger partial charge in [0, 0.05) is 43.3 Å². The van der Waals surface area contributed by atoms with Gasteiger partial charge in [-0.3, -0.25) is 14.4 Å². The maximum atomic E-state index is 14.1. The van der Waals surface area contributed by atoms with Crippen molar-refractivity contribution in [2.75, 3.05) is 26.3 Å². The number of rotatable bonds is 8. The van der Waals surface area contributed by atoms with E-state index < -0.39 is 35.6 Å². The zero-order valence-electron chi connectivity index (χ0n) is 23.8. The number of ketones is 1. The molecule has 10 heteroatoms. The van der Waals surface area contributed by atoms with Crippen molar-refractivity contribution in [1.82, 2.24) is 10.2 Å². The molecule has 3 fully saturated rings. The zero-order valence-corrected chi connectivity index (χ0v) is 23.8. The fourth-order valence-electron chi connectivity index (χ4n) is 6.03. The number of benzene rings is 2. The van der Waals surface area contributed by atoms with Crippen LogP contribution in [0.25, 0.3) is 22.1 Å². The number of alkyl halides is 2. The van der Waals surface area contributed by atoms with E-state index >= 15 is 0 Å². The third-order valence-corrected chi connectivity index (χ3v) is 9.15. The van der Waals surface area contributed by atoms with Crippen molar-refractivity contribution >= 4 is 28.6 Å². The molecule has 0 radical (unpaired) electrons. The number of ether oxygens (including phenoxy) is 1. The van der Waals surface area contributed by atoms with Crippen LogP contribution in [-0.4, -0.2) is 60.3 Å². The number of nitrogens with zero attached hydrogens (tertiary/aromatic N) is 2. The first-order valence-electron chi connectivity index (χ1n) is 14.8. The van der Waals surface area contributed by atoms with Gasteiger partial charge in [-0.05, 0) is 67.5 Å². The fraction of sp³-hybridized carbons (Fsp3) is 0.455. The van der Waals surface area contributed by atoms with Gasteiger partial charge in [-0.2, -0.15) is 5.26 Å². The van der Waals surface area contributed by atoms with Gasteiger partial charge in [-0.1, -0.05) is 24.3 Å². The van der Waals surface area contributed by atoms with Gasteiger partial charge >= 0.3 is 0 Å². The number of hydrogen-bond donors (Lipinski definition) is 1. The molecule has 1 aliphatic heterocycles. The van der Waals surface area contributed by atoms with Crippen LogP contribution in [-0.2, 0) is 9.53 Å². The second kappa shape index (κ2) is 11.2. The van der Waals surface area contributed by atoms with Crippen molar-refractivity contribution in [2.24, 2.45) is 5.41 Å². The number of nitriles is 1. The minimum absolute atomic E-state index is 0.0150. The second-order valence-electron chi connectivity index (χ2n) is 12.1. The van der Waals surface area contributed by atoms with Crippen molar-refractivity contribution in [3.8, 4) is 17.2 Å². The van der Waals surface area contributed by atoms with Crippen LogP contribution in [0.2, 0.25) is 0 Å². The number of halogens is 2. The lowest BCUT2D eigenvalue weighted by Crippen LogP contribution is -2.57. The molecule has 1 saturated heterocycles. The van der Waals surface area contributed by atoms with Gasteiger partial charge in [-0.15, -0.1) is 0 Å². The quantitative estimate of drug-likeness (QED) is 0.350. The highest BCUT2D eigenvalue weighted by molar-refractivity contribution is 6.01. The molecule has 0 atom stereocenters. The van der Waals surface area contributed by atoms with Crippen LogP contribution in [0.5, 0.6) is 0 Å². The average molecular weight is 590 g/mol. The Morgan fingerprint density at radius 3 is 2.23 bits per heavy atom. The fourth-order valence-corrected chi connectivity index (χ4v) is 6.03. The molecule has 8 nitrogen and oxygen atoms in total. The lowest BCUT2D eigenvalue weighted by atomic mass is 9.75. The summed E-state index contributed by atoms with van der Waals surface area (Å²) in [4.78, 5) is 41.3. The Labute approximate surface area is 248 Å². The summed E-state index contributed by atoms with van der Waals surface area (Å²) < 4.78 is 39.4. The first kappa shape index (κ1) is 29.0. The van der Waals surface area contributed by atoms with Crippen LogP contribution < -0.4 is 5.32 Å². The molecule has 3 aliphatic rings. The minimum atomic E-state index is -2.89. The summed E-state index contributed by atoms with van der Waals surface area (Å²) in [7, 11) is 0. The Morgan fingerprint density at radius 2 is 1.58 bits per heavy atom. The largest absolute Gasteiger partial charge is 0.451 e. The minimum Gasteiger partial charge on any atom is -0.451 e. The summed E-state index contributed by atoms with van der Waals surface area (Å²) in [6.45, 7) is 2.19. The molecule has 3 aromatic rings. The van der Waals surface area contributed by atoms with Gasteiger partial charge in [0.15, 0.2) is 11.5 Å². The molecule has 2 aliphatic carbocycles. The van der Waals surface area contributed by atoms with E-state index in [1.54, 1.807) is 29.2 Å². The summed E-state index contributed by atoms with van der Waals surface area (Å²) in [6.07, 6.45) is 0.548. The molecule has 6 rings (SSSR count). The van der Waals surface area contributed by atoms with Crippen molar-refractivity contribution in [3.05, 3.63) is 59.9 Å². The van der Waals surface area contributed by atoms with E-state index in [0.29, 0.717) is 49.3 Å². The maximum Gasteiger partial charge on any atom is 0.287 e. The van der Waals surface area contributed by atoms with E-state index in [2.05, 4.69) is 11.4 Å². The maximum absolute atomic E-state index is 14.1. The topological polar surface area (TPSA) is 113 Å². The first-order valence-corrected chi connectivity index (χ1v) is 14.8. The molecule has 43 heavy (non-hydrogen) atoms. The summed E-state index contributed by atoms with van der Waals surface area (Å²) in [5.74, 6) is -3.89. The molecular weight excluding hydrogens is 556 g/mol. The average Bonchev–Trinajstić information content (AvgIpc) is 3.69. The highest BCUT2D eigenvalue weighted by Gasteiger charge is 2.50. The highest BCUT2D eigenvalue weighted by atomic mass is 19.3. The number of hydrogen-bond acceptors (Lipinski definition) is 6. The lowest BCUT2D eigenvalue weighted by Gasteiger charge is -2.39. The predicted octanol–water partition coefficient (Wildman–Crippen LogP) is 5.90. The third-order valence-electron chi connectivity index (χ3n) is 9.15. The van der Waals surface area contributed by atoms with Crippen molar-refractivity contribution in [2.45, 2.75) is 62.8 Å². The third kappa shape index (κ3) is 6.04. The molecule has 2 saturated carbocycles. The SMILES string of the molecule is N#CC1(CCC(=O)C2(NC(=O)c3cc4ccc(-c5ccc(C(=O)N6CCOCC6)cc5)cc4o3)CCC(F)(F)CC2)CC1. The Bertz CT molecular complexity index is 1590. The Kier molecular flexibility index (Phi) is 7.55. The van der Waals surface area contributed by atoms with Gasteiger partial charge in [0.05, 0.1) is 30.2 Å². The molecule has 1 aromatic heterocycles. The molecule has 1 N–H and O–H groups in total. The highest BCUT2D eigenvalue weighted by Crippen LogP contribution is 2.49. The van der Waals surface area contributed by atoms with Crippen molar-refractivity contribution in [3.63, 3.8) is 0 Å². The lowest BCUT2D eigenvalue weighted by molar-refractivity contribution is -0.131.